The molecule has 2 N–H and O–H groups in total. The SMILES string of the molecule is CC(NC(=O)c1cccc([N+](=O)[O-])c1)C(=O)N1C[C@H]2CNC[C@H]2C1.Cl. The molecule has 1 unspecified atom stereocenters. The van der Waals surface area contributed by atoms with E-state index in [4.69, 9.17) is 0 Å². The number of carbonyl (C=O) groups excluding carboxylic acids is 2. The van der Waals surface area contributed by atoms with E-state index in [9.17, 15) is 19.7 Å². The van der Waals surface area contributed by atoms with Gasteiger partial charge in [0.25, 0.3) is 11.6 Å². The number of hydrogen-bond donors (Lipinski definition) is 2. The lowest BCUT2D eigenvalue weighted by Crippen LogP contribution is -2.46. The van der Waals surface area contributed by atoms with Gasteiger partial charge in [0.1, 0.15) is 6.04 Å². The van der Waals surface area contributed by atoms with E-state index in [1.165, 1.54) is 24.3 Å². The van der Waals surface area contributed by atoms with Crippen LogP contribution < -0.4 is 10.6 Å². The van der Waals surface area contributed by atoms with E-state index in [2.05, 4.69) is 10.6 Å². The number of nitro groups is 1. The Kier molecular flexibility index (Phi) is 5.97. The molecule has 0 spiro atoms. The maximum Gasteiger partial charge on any atom is 0.270 e. The first-order valence-electron chi connectivity index (χ1n) is 8.00. The summed E-state index contributed by atoms with van der Waals surface area (Å²) in [6.07, 6.45) is 0. The topological polar surface area (TPSA) is 105 Å². The largest absolute Gasteiger partial charge is 0.341 e. The number of non-ortho nitro benzene ring substituents is 1. The second-order valence-corrected chi connectivity index (χ2v) is 6.42. The Morgan fingerprint density at radius 1 is 1.32 bits per heavy atom. The predicted octanol–water partition coefficient (Wildman–Crippen LogP) is 0.813. The molecule has 0 saturated carbocycles. The lowest BCUT2D eigenvalue weighted by atomic mass is 10.0. The maximum absolute atomic E-state index is 12.5. The Morgan fingerprint density at radius 3 is 2.56 bits per heavy atom. The molecule has 25 heavy (non-hydrogen) atoms. The third kappa shape index (κ3) is 4.08. The molecule has 3 rings (SSSR count). The van der Waals surface area contributed by atoms with Crippen LogP contribution in [0.4, 0.5) is 5.69 Å². The first kappa shape index (κ1) is 19.1. The fourth-order valence-corrected chi connectivity index (χ4v) is 3.41. The highest BCUT2D eigenvalue weighted by Crippen LogP contribution is 2.26. The van der Waals surface area contributed by atoms with Crippen LogP contribution in [0.2, 0.25) is 0 Å². The summed E-state index contributed by atoms with van der Waals surface area (Å²) in [5.41, 5.74) is 0.0211. The first-order chi connectivity index (χ1) is 11.5. The van der Waals surface area contributed by atoms with Crippen LogP contribution in [0, 0.1) is 22.0 Å². The summed E-state index contributed by atoms with van der Waals surface area (Å²) in [7, 11) is 0. The molecule has 3 atom stereocenters. The van der Waals surface area contributed by atoms with Crippen LogP contribution in [-0.4, -0.2) is 53.9 Å². The van der Waals surface area contributed by atoms with Gasteiger partial charge in [0, 0.05) is 43.9 Å². The molecular formula is C16H21ClN4O4. The van der Waals surface area contributed by atoms with Crippen molar-refractivity contribution in [1.29, 1.82) is 0 Å². The summed E-state index contributed by atoms with van der Waals surface area (Å²) in [5, 5.41) is 16.7. The molecule has 0 radical (unpaired) electrons. The van der Waals surface area contributed by atoms with Crippen LogP contribution >= 0.6 is 12.4 Å². The van der Waals surface area contributed by atoms with Gasteiger partial charge in [-0.15, -0.1) is 12.4 Å². The van der Waals surface area contributed by atoms with Crippen molar-refractivity contribution in [1.82, 2.24) is 15.5 Å². The normalized spacial score (nSPS) is 22.7. The van der Waals surface area contributed by atoms with E-state index < -0.39 is 16.9 Å². The quantitative estimate of drug-likeness (QED) is 0.604. The summed E-state index contributed by atoms with van der Waals surface area (Å²) in [6, 6.07) is 4.81. The average Bonchev–Trinajstić information content (AvgIpc) is 3.15. The minimum Gasteiger partial charge on any atom is -0.341 e. The van der Waals surface area contributed by atoms with Gasteiger partial charge in [-0.25, -0.2) is 0 Å². The highest BCUT2D eigenvalue weighted by Gasteiger charge is 2.39. The molecule has 2 aliphatic rings. The van der Waals surface area contributed by atoms with E-state index in [-0.39, 0.29) is 29.6 Å². The number of likely N-dealkylation sites (tertiary alicyclic amines) is 1. The van der Waals surface area contributed by atoms with Crippen molar-refractivity contribution in [2.45, 2.75) is 13.0 Å². The molecule has 8 nitrogen and oxygen atoms in total. The minimum atomic E-state index is -0.663. The third-order valence-electron chi connectivity index (χ3n) is 4.74. The molecule has 0 aliphatic carbocycles. The lowest BCUT2D eigenvalue weighted by Gasteiger charge is -2.22. The van der Waals surface area contributed by atoms with Crippen LogP contribution in [0.5, 0.6) is 0 Å². The molecule has 2 amide bonds. The number of amides is 2. The summed E-state index contributed by atoms with van der Waals surface area (Å²) >= 11 is 0. The second kappa shape index (κ2) is 7.79. The van der Waals surface area contributed by atoms with Crippen LogP contribution in [0.3, 0.4) is 0 Å². The minimum absolute atomic E-state index is 0. The third-order valence-corrected chi connectivity index (χ3v) is 4.74. The standard InChI is InChI=1S/C16H20N4O4.ClH/c1-10(16(22)19-8-12-6-17-7-13(12)9-19)18-15(21)11-3-2-4-14(5-11)20(23)24;/h2-5,10,12-13,17H,6-9H2,1H3,(H,18,21);1H/t10?,12-,13+;. The monoisotopic (exact) mass is 368 g/mol. The highest BCUT2D eigenvalue weighted by atomic mass is 35.5. The molecule has 2 fully saturated rings. The number of fused-ring (bicyclic) bond motifs is 1. The fourth-order valence-electron chi connectivity index (χ4n) is 3.41. The molecule has 136 valence electrons. The van der Waals surface area contributed by atoms with E-state index >= 15 is 0 Å². The van der Waals surface area contributed by atoms with Crippen molar-refractivity contribution in [3.63, 3.8) is 0 Å². The number of hydrogen-bond acceptors (Lipinski definition) is 5. The van der Waals surface area contributed by atoms with Gasteiger partial charge < -0.3 is 15.5 Å². The lowest BCUT2D eigenvalue weighted by molar-refractivity contribution is -0.384. The maximum atomic E-state index is 12.5. The van der Waals surface area contributed by atoms with E-state index in [1.54, 1.807) is 11.8 Å². The zero-order chi connectivity index (χ0) is 17.3. The Bertz CT molecular complexity index is 672. The van der Waals surface area contributed by atoms with Crippen LogP contribution in [-0.2, 0) is 4.79 Å². The van der Waals surface area contributed by atoms with Gasteiger partial charge in [-0.1, -0.05) is 6.07 Å². The zero-order valence-corrected chi connectivity index (χ0v) is 14.6. The Balaban J connectivity index is 0.00000225. The molecule has 1 aromatic rings. The van der Waals surface area contributed by atoms with Gasteiger partial charge in [0.2, 0.25) is 5.91 Å². The van der Waals surface area contributed by atoms with Crippen molar-refractivity contribution >= 4 is 29.9 Å². The van der Waals surface area contributed by atoms with Crippen LogP contribution in [0.15, 0.2) is 24.3 Å². The van der Waals surface area contributed by atoms with Gasteiger partial charge in [-0.05, 0) is 24.8 Å². The van der Waals surface area contributed by atoms with Crippen LogP contribution in [0.25, 0.3) is 0 Å². The molecule has 2 saturated heterocycles. The molecule has 2 aliphatic heterocycles. The van der Waals surface area contributed by atoms with Gasteiger partial charge in [-0.2, -0.15) is 0 Å². The first-order valence-corrected chi connectivity index (χ1v) is 8.00. The van der Waals surface area contributed by atoms with Gasteiger partial charge in [0.15, 0.2) is 0 Å². The van der Waals surface area contributed by atoms with Gasteiger partial charge in [-0.3, -0.25) is 19.7 Å². The van der Waals surface area contributed by atoms with Crippen LogP contribution in [0.1, 0.15) is 17.3 Å². The number of nitro benzene ring substituents is 1. The number of carbonyl (C=O) groups is 2. The molecule has 0 bridgehead atoms. The summed E-state index contributed by atoms with van der Waals surface area (Å²) in [4.78, 5) is 36.8. The van der Waals surface area contributed by atoms with Crippen molar-refractivity contribution in [2.24, 2.45) is 11.8 Å². The molecule has 0 aromatic heterocycles. The summed E-state index contributed by atoms with van der Waals surface area (Å²) in [6.45, 7) is 4.94. The Morgan fingerprint density at radius 2 is 1.96 bits per heavy atom. The second-order valence-electron chi connectivity index (χ2n) is 6.42. The molecule has 9 heteroatoms. The van der Waals surface area contributed by atoms with Gasteiger partial charge >= 0.3 is 0 Å². The smallest absolute Gasteiger partial charge is 0.270 e. The molecule has 2 heterocycles. The van der Waals surface area contributed by atoms with E-state index in [0.29, 0.717) is 24.9 Å². The van der Waals surface area contributed by atoms with Crippen molar-refractivity contribution in [2.75, 3.05) is 26.2 Å². The average molecular weight is 369 g/mol. The fraction of sp³-hybridized carbons (Fsp3) is 0.500. The number of benzene rings is 1. The van der Waals surface area contributed by atoms with Crippen molar-refractivity contribution < 1.29 is 14.5 Å². The highest BCUT2D eigenvalue weighted by molar-refractivity contribution is 5.97. The van der Waals surface area contributed by atoms with E-state index in [1.807, 2.05) is 0 Å². The molecule has 1 aromatic carbocycles. The van der Waals surface area contributed by atoms with Crippen molar-refractivity contribution in [3.8, 4) is 0 Å². The zero-order valence-electron chi connectivity index (χ0n) is 13.8. The van der Waals surface area contributed by atoms with Crippen molar-refractivity contribution in [3.05, 3.63) is 39.9 Å². The van der Waals surface area contributed by atoms with E-state index in [0.717, 1.165) is 13.1 Å². The number of halogens is 1. The Labute approximate surface area is 151 Å². The summed E-state index contributed by atoms with van der Waals surface area (Å²) in [5.74, 6) is 0.394. The summed E-state index contributed by atoms with van der Waals surface area (Å²) < 4.78 is 0. The Hall–Kier alpha value is -2.19. The number of nitrogens with one attached hydrogen (secondary N) is 2. The molecular weight excluding hydrogens is 348 g/mol. The number of rotatable bonds is 4. The van der Waals surface area contributed by atoms with Gasteiger partial charge in [0.05, 0.1) is 4.92 Å². The number of nitrogens with zero attached hydrogens (tertiary/aromatic N) is 2. The predicted molar refractivity (Wildman–Crippen MR) is 93.7 cm³/mol.